The topological polar surface area (TPSA) is 384 Å². The molecule has 11 N–H and O–H groups in total. The summed E-state index contributed by atoms with van der Waals surface area (Å²) in [5, 5.41) is 34.6. The second-order valence-corrected chi connectivity index (χ2v) is 21.2. The molecule has 0 aliphatic carbocycles. The summed E-state index contributed by atoms with van der Waals surface area (Å²) in [4.78, 5) is 84.9. The predicted octanol–water partition coefficient (Wildman–Crippen LogP) is 4.44. The highest BCUT2D eigenvalue weighted by Crippen LogP contribution is 2.61. The van der Waals surface area contributed by atoms with Crippen LogP contribution in [0.1, 0.15) is 123 Å². The number of imidazole rings is 1. The van der Waals surface area contributed by atoms with E-state index in [1.165, 1.54) is 84.5 Å². The van der Waals surface area contributed by atoms with Gasteiger partial charge in [-0.1, -0.05) is 84.3 Å². The predicted molar refractivity (Wildman–Crippen MR) is 251 cm³/mol. The Kier molecular flexibility index (Phi) is 27.7. The summed E-state index contributed by atoms with van der Waals surface area (Å²) in [6.45, 7) is 2.98. The van der Waals surface area contributed by atoms with Gasteiger partial charge in [0, 0.05) is 37.1 Å². The molecule has 7 atom stereocenters. The van der Waals surface area contributed by atoms with Crippen molar-refractivity contribution >= 4 is 70.9 Å². The number of phosphoric ester groups is 3. The number of aromatic nitrogens is 4. The number of aliphatic carboxylic acids is 1. The van der Waals surface area contributed by atoms with E-state index in [0.29, 0.717) is 18.7 Å². The molecule has 2 aromatic heterocycles. The average Bonchev–Trinajstić information content (AvgIpc) is 3.82. The Morgan fingerprint density at radius 2 is 1.50 bits per heavy atom. The average molecular weight is 1050 g/mol. The molecule has 1 aliphatic heterocycles. The lowest BCUT2D eigenvalue weighted by molar-refractivity contribution is -0.137. The molecule has 3 rings (SSSR count). The normalized spacial score (nSPS) is 19.8. The zero-order valence-electron chi connectivity index (χ0n) is 38.6. The summed E-state index contributed by atoms with van der Waals surface area (Å²) in [7, 11) is -16.3. The van der Waals surface area contributed by atoms with E-state index in [1.54, 1.807) is 0 Å². The van der Waals surface area contributed by atoms with Gasteiger partial charge in [0.25, 0.3) is 0 Å². The summed E-state index contributed by atoms with van der Waals surface area (Å²) in [5.74, 6) is -1.61. The molecule has 3 heterocycles. The first-order valence-electron chi connectivity index (χ1n) is 22.3. The number of hydrogen-bond donors (Lipinski definition) is 11. The number of ether oxygens (including phenoxy) is 1. The first-order chi connectivity index (χ1) is 31.9. The van der Waals surface area contributed by atoms with Gasteiger partial charge in [-0.2, -0.15) is 16.9 Å². The Balaban J connectivity index is 0.000000666. The Labute approximate surface area is 401 Å². The molecule has 68 heavy (non-hydrogen) atoms. The standard InChI is InChI=1S/C21H36N7O16P3S.C18H34O2/c1-21(2,16(31)19(32)24-4-3-12(29)23-5-6-48)8-41-47(38,39)44-46(36,37)40-7-11-15(43-45(33,34)35)14(30)20(42-11)28-10-27-13-17(22)25-9-26-18(13)28;1-2-3-4-5-6-7-8-9-10-11-12-13-14-15-16-17-18(19)20/h9-11,14-16,20,30-31,48H,3-8H2,1-2H3,(H,23,29)(H,24,32)(H,36,37)(H,38,39)(H2,22,25,26)(H2,33,34,35);9-10H,2-8,11-17H2,1H3,(H,19,20)/b;10-9-/t11-,14-,15-,16?,20-;/m1./s1. The van der Waals surface area contributed by atoms with Gasteiger partial charge in [0.1, 0.15) is 36.3 Å². The number of aliphatic hydroxyl groups is 2. The number of nitrogens with zero attached hydrogens (tertiary/aromatic N) is 4. The minimum absolute atomic E-state index is 0.0363. The number of phosphoric acid groups is 3. The van der Waals surface area contributed by atoms with Crippen LogP contribution in [0.4, 0.5) is 5.82 Å². The van der Waals surface area contributed by atoms with Crippen molar-refractivity contribution in [3.8, 4) is 0 Å². The molecule has 390 valence electrons. The number of carboxylic acid groups (broad SMARTS) is 1. The Hall–Kier alpha value is -2.90. The molecule has 1 saturated heterocycles. The number of thiol groups is 1. The highest BCUT2D eigenvalue weighted by atomic mass is 32.1. The molecule has 25 nitrogen and oxygen atoms in total. The SMILES string of the molecule is CC(C)(COP(=O)(O)OP(=O)(O)OC[C@H]1O[C@@H](n2cnc3c(N)ncnc32)[C@H](O)[C@@H]1OP(=O)(O)O)C(O)C(=O)NCCC(=O)NCCS.CCCCCCCC/C=C\CCCCCCCC(=O)O. The van der Waals surface area contributed by atoms with E-state index in [9.17, 15) is 57.9 Å². The van der Waals surface area contributed by atoms with Crippen LogP contribution < -0.4 is 16.4 Å². The molecule has 0 bridgehead atoms. The summed E-state index contributed by atoms with van der Waals surface area (Å²) >= 11 is 3.95. The van der Waals surface area contributed by atoms with Crippen molar-refractivity contribution < 1.29 is 85.6 Å². The van der Waals surface area contributed by atoms with Crippen molar-refractivity contribution in [2.24, 2.45) is 5.41 Å². The highest BCUT2D eigenvalue weighted by molar-refractivity contribution is 7.80. The Bertz CT molecular complexity index is 2030. The lowest BCUT2D eigenvalue weighted by atomic mass is 9.87. The van der Waals surface area contributed by atoms with Crippen LogP contribution in [0.25, 0.3) is 11.2 Å². The zero-order valence-corrected chi connectivity index (χ0v) is 42.2. The summed E-state index contributed by atoms with van der Waals surface area (Å²) in [5.41, 5.74) is 4.30. The van der Waals surface area contributed by atoms with E-state index in [4.69, 9.17) is 24.6 Å². The number of nitrogens with two attached hydrogens (primary N) is 1. The number of fused-ring (bicyclic) bond motifs is 1. The van der Waals surface area contributed by atoms with Gasteiger partial charge in [0.2, 0.25) is 11.8 Å². The molecule has 0 saturated carbocycles. The molecule has 2 amide bonds. The van der Waals surface area contributed by atoms with Crippen molar-refractivity contribution in [2.45, 2.75) is 148 Å². The molecule has 0 radical (unpaired) electrons. The minimum atomic E-state index is -5.54. The number of allylic oxidation sites excluding steroid dienone is 2. The molecule has 0 spiro atoms. The van der Waals surface area contributed by atoms with E-state index < -0.39 is 84.6 Å². The Morgan fingerprint density at radius 3 is 2.10 bits per heavy atom. The van der Waals surface area contributed by atoms with Gasteiger partial charge in [-0.25, -0.2) is 28.6 Å². The van der Waals surface area contributed by atoms with Crippen LogP contribution in [-0.2, 0) is 50.7 Å². The number of amides is 2. The van der Waals surface area contributed by atoms with Crippen molar-refractivity contribution in [1.29, 1.82) is 0 Å². The number of carbonyl (C=O) groups is 3. The zero-order chi connectivity index (χ0) is 51.0. The van der Waals surface area contributed by atoms with Crippen LogP contribution in [-0.4, -0.2) is 129 Å². The summed E-state index contributed by atoms with van der Waals surface area (Å²) in [6.07, 6.45) is 14.5. The molecule has 1 fully saturated rings. The third-order valence-corrected chi connectivity index (χ3v) is 13.5. The van der Waals surface area contributed by atoms with Gasteiger partial charge in [-0.15, -0.1) is 0 Å². The molecule has 3 unspecified atom stereocenters. The van der Waals surface area contributed by atoms with E-state index in [1.807, 2.05) is 0 Å². The van der Waals surface area contributed by atoms with E-state index in [0.717, 1.165) is 30.1 Å². The number of unbranched alkanes of at least 4 members (excludes halogenated alkanes) is 11. The quantitative estimate of drug-likeness (QED) is 0.0204. The third-order valence-electron chi connectivity index (χ3n) is 10.2. The number of rotatable bonds is 33. The van der Waals surface area contributed by atoms with Crippen LogP contribution in [0.2, 0.25) is 0 Å². The van der Waals surface area contributed by atoms with Gasteiger partial charge in [-0.3, -0.25) is 32.5 Å². The van der Waals surface area contributed by atoms with E-state index >= 15 is 0 Å². The Morgan fingerprint density at radius 1 is 0.897 bits per heavy atom. The first kappa shape index (κ1) is 61.2. The van der Waals surface area contributed by atoms with Gasteiger partial charge in [0.05, 0.1) is 19.5 Å². The van der Waals surface area contributed by atoms with Crippen LogP contribution in [0, 0.1) is 5.41 Å². The number of nitrogen functional groups attached to an aromatic ring is 1. The van der Waals surface area contributed by atoms with Crippen LogP contribution in [0.3, 0.4) is 0 Å². The monoisotopic (exact) mass is 1050 g/mol. The van der Waals surface area contributed by atoms with Gasteiger partial charge < -0.3 is 56.0 Å². The van der Waals surface area contributed by atoms with Crippen LogP contribution in [0.5, 0.6) is 0 Å². The minimum Gasteiger partial charge on any atom is -0.481 e. The van der Waals surface area contributed by atoms with Gasteiger partial charge in [0.15, 0.2) is 17.7 Å². The molecule has 29 heteroatoms. The first-order valence-corrected chi connectivity index (χ1v) is 27.5. The number of carbonyl (C=O) groups excluding carboxylic acids is 2. The van der Waals surface area contributed by atoms with E-state index in [-0.39, 0.29) is 35.9 Å². The van der Waals surface area contributed by atoms with Crippen LogP contribution >= 0.6 is 36.1 Å². The van der Waals surface area contributed by atoms with Crippen molar-refractivity contribution in [2.75, 3.05) is 37.8 Å². The van der Waals surface area contributed by atoms with Crippen molar-refractivity contribution in [1.82, 2.24) is 30.2 Å². The fourth-order valence-corrected chi connectivity index (χ4v) is 9.42. The van der Waals surface area contributed by atoms with Gasteiger partial charge in [-0.05, 0) is 32.1 Å². The maximum absolute atomic E-state index is 12.6. The van der Waals surface area contributed by atoms with Gasteiger partial charge >= 0.3 is 29.4 Å². The smallest absolute Gasteiger partial charge is 0.481 e. The number of nitrogens with one attached hydrogen (secondary N) is 2. The fraction of sp³-hybridized carbons (Fsp3) is 0.744. The maximum Gasteiger partial charge on any atom is 0.481 e. The second-order valence-electron chi connectivity index (χ2n) is 16.5. The van der Waals surface area contributed by atoms with E-state index in [2.05, 4.69) is 66.1 Å². The molecule has 2 aromatic rings. The molecule has 0 aromatic carbocycles. The fourth-order valence-electron chi connectivity index (χ4n) is 6.48. The third kappa shape index (κ3) is 23.8. The number of hydrogen-bond acceptors (Lipinski definition) is 18. The lowest BCUT2D eigenvalue weighted by Gasteiger charge is -2.30. The summed E-state index contributed by atoms with van der Waals surface area (Å²) in [6, 6.07) is 0. The van der Waals surface area contributed by atoms with Crippen molar-refractivity contribution in [3.05, 3.63) is 24.8 Å². The molecular weight excluding hydrogens is 979 g/mol. The highest BCUT2D eigenvalue weighted by Gasteiger charge is 2.50. The molecule has 1 aliphatic rings. The number of anilines is 1. The lowest BCUT2D eigenvalue weighted by Crippen LogP contribution is -2.46. The molecular formula is C39H70N7O18P3S. The van der Waals surface area contributed by atoms with Crippen molar-refractivity contribution in [3.63, 3.8) is 0 Å². The number of carboxylic acids is 1. The number of aliphatic hydroxyl groups excluding tert-OH is 2. The second kappa shape index (κ2) is 30.8. The van der Waals surface area contributed by atoms with Crippen LogP contribution in [0.15, 0.2) is 24.8 Å². The maximum atomic E-state index is 12.6. The summed E-state index contributed by atoms with van der Waals surface area (Å²) < 4.78 is 61.7. The largest absolute Gasteiger partial charge is 0.481 e.